The molecular formula is C5H7KO5S. The molecule has 0 bridgehead atoms. The molecule has 0 amide bonds. The monoisotopic (exact) mass is 218 g/mol. The SMILES string of the molecule is COC(=O)C([O-])=CS(C)(=O)=O.[K+]. The number of sulfone groups is 1. The quantitative estimate of drug-likeness (QED) is 0.202. The molecule has 0 saturated carbocycles. The van der Waals surface area contributed by atoms with Crippen LogP contribution in [0.4, 0.5) is 0 Å². The predicted octanol–water partition coefficient (Wildman–Crippen LogP) is -4.59. The van der Waals surface area contributed by atoms with Crippen LogP contribution in [-0.2, 0) is 19.4 Å². The first-order valence-electron chi connectivity index (χ1n) is 2.54. The third kappa shape index (κ3) is 7.26. The van der Waals surface area contributed by atoms with Gasteiger partial charge in [-0.2, -0.15) is 0 Å². The first kappa shape index (κ1) is 15.1. The van der Waals surface area contributed by atoms with E-state index < -0.39 is 21.6 Å². The Hall–Kier alpha value is 0.596. The third-order valence-corrected chi connectivity index (χ3v) is 1.35. The predicted molar refractivity (Wildman–Crippen MR) is 34.9 cm³/mol. The summed E-state index contributed by atoms with van der Waals surface area (Å²) < 4.78 is 24.7. The van der Waals surface area contributed by atoms with E-state index in [-0.39, 0.29) is 51.4 Å². The summed E-state index contributed by atoms with van der Waals surface area (Å²) in [4.78, 5) is 10.3. The molecular weight excluding hydrogens is 211 g/mol. The van der Waals surface area contributed by atoms with Gasteiger partial charge in [0.2, 0.25) is 0 Å². The van der Waals surface area contributed by atoms with Gasteiger partial charge in [0.1, 0.15) is 0 Å². The summed E-state index contributed by atoms with van der Waals surface area (Å²) in [6, 6.07) is 0. The maximum atomic E-state index is 10.5. The standard InChI is InChI=1S/C5H8O5S.K/c1-10-5(7)4(6)3-11(2,8)9;/h3,6H,1-2H3;/q;+1/p-1. The van der Waals surface area contributed by atoms with Crippen molar-refractivity contribution in [1.29, 1.82) is 0 Å². The molecule has 0 aliphatic heterocycles. The van der Waals surface area contributed by atoms with E-state index in [0.717, 1.165) is 13.4 Å². The van der Waals surface area contributed by atoms with Crippen molar-refractivity contribution in [2.24, 2.45) is 0 Å². The zero-order valence-corrected chi connectivity index (χ0v) is 11.0. The molecule has 5 nitrogen and oxygen atoms in total. The fourth-order valence-electron chi connectivity index (χ4n) is 0.343. The van der Waals surface area contributed by atoms with Crippen molar-refractivity contribution in [3.8, 4) is 0 Å². The van der Waals surface area contributed by atoms with E-state index in [1.165, 1.54) is 0 Å². The number of rotatable bonds is 2. The van der Waals surface area contributed by atoms with Gasteiger partial charge in [0.25, 0.3) is 0 Å². The van der Waals surface area contributed by atoms with Crippen LogP contribution < -0.4 is 56.5 Å². The Morgan fingerprint density at radius 1 is 1.50 bits per heavy atom. The minimum absolute atomic E-state index is 0. The fourth-order valence-corrected chi connectivity index (χ4v) is 0.828. The minimum Gasteiger partial charge on any atom is -0.867 e. The van der Waals surface area contributed by atoms with Gasteiger partial charge in [0.05, 0.1) is 7.11 Å². The fraction of sp³-hybridized carbons (Fsp3) is 0.400. The topological polar surface area (TPSA) is 83.5 Å². The average Bonchev–Trinajstić information content (AvgIpc) is 1.82. The van der Waals surface area contributed by atoms with Crippen molar-refractivity contribution in [1.82, 2.24) is 0 Å². The van der Waals surface area contributed by atoms with Crippen molar-refractivity contribution in [3.63, 3.8) is 0 Å². The molecule has 0 aromatic rings. The van der Waals surface area contributed by atoms with Crippen molar-refractivity contribution in [3.05, 3.63) is 11.2 Å². The third-order valence-electron chi connectivity index (χ3n) is 0.708. The second kappa shape index (κ2) is 6.11. The van der Waals surface area contributed by atoms with Gasteiger partial charge in [-0.15, -0.1) is 0 Å². The van der Waals surface area contributed by atoms with Crippen molar-refractivity contribution in [2.75, 3.05) is 13.4 Å². The van der Waals surface area contributed by atoms with Gasteiger partial charge in [-0.1, -0.05) is 0 Å². The molecule has 12 heavy (non-hydrogen) atoms. The molecule has 0 spiro atoms. The molecule has 0 fully saturated rings. The van der Waals surface area contributed by atoms with Gasteiger partial charge in [0, 0.05) is 11.7 Å². The van der Waals surface area contributed by atoms with E-state index in [4.69, 9.17) is 0 Å². The molecule has 0 atom stereocenters. The van der Waals surface area contributed by atoms with Gasteiger partial charge >= 0.3 is 57.4 Å². The molecule has 0 N–H and O–H groups in total. The molecule has 0 radical (unpaired) electrons. The number of hydrogen-bond donors (Lipinski definition) is 0. The molecule has 0 unspecified atom stereocenters. The summed E-state index contributed by atoms with van der Waals surface area (Å²) in [6.07, 6.45) is 0.813. The smallest absolute Gasteiger partial charge is 0.867 e. The van der Waals surface area contributed by atoms with Crippen molar-refractivity contribution < 1.29 is 74.4 Å². The van der Waals surface area contributed by atoms with E-state index in [1.807, 2.05) is 0 Å². The maximum Gasteiger partial charge on any atom is 1.00 e. The Labute approximate surface area is 113 Å². The summed E-state index contributed by atoms with van der Waals surface area (Å²) in [6.45, 7) is 0. The van der Waals surface area contributed by atoms with Crippen LogP contribution in [0.25, 0.3) is 0 Å². The maximum absolute atomic E-state index is 10.5. The van der Waals surface area contributed by atoms with Crippen LogP contribution in [0.1, 0.15) is 0 Å². The summed E-state index contributed by atoms with van der Waals surface area (Å²) in [5, 5.41) is 10.8. The Morgan fingerprint density at radius 3 is 2.17 bits per heavy atom. The number of hydrogen-bond acceptors (Lipinski definition) is 5. The minimum atomic E-state index is -3.55. The van der Waals surface area contributed by atoms with E-state index in [2.05, 4.69) is 4.74 Å². The van der Waals surface area contributed by atoms with Crippen LogP contribution in [-0.4, -0.2) is 27.8 Å². The molecule has 0 aromatic heterocycles. The molecule has 0 rings (SSSR count). The molecule has 0 aromatic carbocycles. The van der Waals surface area contributed by atoms with Gasteiger partial charge in [0.15, 0.2) is 9.84 Å². The summed E-state index contributed by atoms with van der Waals surface area (Å²) in [7, 11) is -2.56. The first-order chi connectivity index (χ1) is 4.87. The van der Waals surface area contributed by atoms with E-state index in [1.54, 1.807) is 0 Å². The first-order valence-corrected chi connectivity index (χ1v) is 4.49. The number of carbonyl (C=O) groups excluding carboxylic acids is 1. The number of ether oxygens (including phenoxy) is 1. The Kier molecular flexibility index (Phi) is 7.68. The van der Waals surface area contributed by atoms with E-state index in [9.17, 15) is 18.3 Å². The Bertz CT molecular complexity index is 278. The van der Waals surface area contributed by atoms with Gasteiger partial charge in [-0.3, -0.25) is 0 Å². The zero-order chi connectivity index (χ0) is 9.07. The molecule has 64 valence electrons. The second-order valence-electron chi connectivity index (χ2n) is 1.80. The second-order valence-corrected chi connectivity index (χ2v) is 3.70. The Morgan fingerprint density at radius 2 is 1.92 bits per heavy atom. The molecule has 0 saturated heterocycles. The van der Waals surface area contributed by atoms with Gasteiger partial charge in [-0.05, 0) is 5.76 Å². The normalized spacial score (nSPS) is 11.7. The molecule has 0 heterocycles. The van der Waals surface area contributed by atoms with Crippen LogP contribution in [0.2, 0.25) is 0 Å². The van der Waals surface area contributed by atoms with Crippen LogP contribution in [0.5, 0.6) is 0 Å². The molecule has 0 aliphatic carbocycles. The summed E-state index contributed by atoms with van der Waals surface area (Å²) >= 11 is 0. The van der Waals surface area contributed by atoms with Crippen LogP contribution in [0.15, 0.2) is 11.2 Å². The number of esters is 1. The van der Waals surface area contributed by atoms with Gasteiger partial charge in [-0.25, -0.2) is 13.2 Å². The summed E-state index contributed by atoms with van der Waals surface area (Å²) in [5.74, 6) is -2.36. The van der Waals surface area contributed by atoms with Crippen molar-refractivity contribution >= 4 is 15.8 Å². The van der Waals surface area contributed by atoms with Crippen LogP contribution >= 0.6 is 0 Å². The Balaban J connectivity index is 0. The van der Waals surface area contributed by atoms with Crippen LogP contribution in [0.3, 0.4) is 0 Å². The van der Waals surface area contributed by atoms with Crippen LogP contribution in [0, 0.1) is 0 Å². The molecule has 7 heteroatoms. The molecule has 0 aliphatic rings. The average molecular weight is 218 g/mol. The summed E-state index contributed by atoms with van der Waals surface area (Å²) in [5.41, 5.74) is 0. The number of carbonyl (C=O) groups is 1. The zero-order valence-electron chi connectivity index (χ0n) is 7.03. The van der Waals surface area contributed by atoms with Gasteiger partial charge < -0.3 is 9.84 Å². The largest absolute Gasteiger partial charge is 1.00 e. The van der Waals surface area contributed by atoms with E-state index in [0.29, 0.717) is 5.41 Å². The van der Waals surface area contributed by atoms with E-state index >= 15 is 0 Å². The number of methoxy groups -OCH3 is 1. The van der Waals surface area contributed by atoms with Crippen molar-refractivity contribution in [2.45, 2.75) is 0 Å².